The number of Topliss-reactive ketones (excluding diaryl/α,β-unsaturated/α-hetero) is 1. The zero-order chi connectivity index (χ0) is 10.8. The molecule has 2 rings (SSSR count). The Morgan fingerprint density at radius 2 is 2.47 bits per heavy atom. The maximum atomic E-state index is 11.5. The zero-order valence-corrected chi connectivity index (χ0v) is 9.58. The van der Waals surface area contributed by atoms with Gasteiger partial charge in [-0.15, -0.1) is 0 Å². The fourth-order valence-corrected chi connectivity index (χ4v) is 2.43. The number of carbonyl (C=O) groups is 1. The standard InChI is InChI=1S/C9H13N3O2S/c1-3-12(2)9-10-8(14-11-9)6-4-15-5-7(6)13/h6H,3-5H2,1-2H3. The second-order valence-electron chi connectivity index (χ2n) is 3.48. The topological polar surface area (TPSA) is 59.2 Å². The van der Waals surface area contributed by atoms with Gasteiger partial charge in [-0.3, -0.25) is 4.79 Å². The van der Waals surface area contributed by atoms with Crippen LogP contribution in [0.5, 0.6) is 0 Å². The van der Waals surface area contributed by atoms with Crippen LogP contribution in [0.3, 0.4) is 0 Å². The van der Waals surface area contributed by atoms with Crippen LogP contribution in [-0.2, 0) is 4.79 Å². The molecular formula is C9H13N3O2S. The molecule has 1 aromatic rings. The molecule has 1 fully saturated rings. The molecule has 0 N–H and O–H groups in total. The van der Waals surface area contributed by atoms with Crippen LogP contribution in [0.2, 0.25) is 0 Å². The molecule has 1 aliphatic rings. The molecule has 2 heterocycles. The van der Waals surface area contributed by atoms with E-state index in [9.17, 15) is 4.79 Å². The van der Waals surface area contributed by atoms with Gasteiger partial charge in [0.25, 0.3) is 5.95 Å². The third-order valence-corrected chi connectivity index (χ3v) is 3.52. The molecule has 15 heavy (non-hydrogen) atoms. The molecule has 5 nitrogen and oxygen atoms in total. The minimum atomic E-state index is -0.193. The maximum Gasteiger partial charge on any atom is 0.265 e. The number of ketones is 1. The highest BCUT2D eigenvalue weighted by molar-refractivity contribution is 8.00. The van der Waals surface area contributed by atoms with E-state index < -0.39 is 0 Å². The van der Waals surface area contributed by atoms with Gasteiger partial charge in [0.05, 0.1) is 5.75 Å². The summed E-state index contributed by atoms with van der Waals surface area (Å²) in [5, 5.41) is 3.84. The van der Waals surface area contributed by atoms with E-state index in [1.165, 1.54) is 0 Å². The van der Waals surface area contributed by atoms with Gasteiger partial charge in [0.2, 0.25) is 5.89 Å². The van der Waals surface area contributed by atoms with E-state index in [-0.39, 0.29) is 11.7 Å². The average molecular weight is 227 g/mol. The van der Waals surface area contributed by atoms with Crippen molar-refractivity contribution < 1.29 is 9.32 Å². The fraction of sp³-hybridized carbons (Fsp3) is 0.667. The van der Waals surface area contributed by atoms with Gasteiger partial charge in [-0.25, -0.2) is 0 Å². The van der Waals surface area contributed by atoms with E-state index in [1.54, 1.807) is 11.8 Å². The number of hydrogen-bond acceptors (Lipinski definition) is 6. The highest BCUT2D eigenvalue weighted by atomic mass is 32.2. The monoisotopic (exact) mass is 227 g/mol. The summed E-state index contributed by atoms with van der Waals surface area (Å²) in [5.74, 6) is 2.33. The second-order valence-corrected chi connectivity index (χ2v) is 4.51. The summed E-state index contributed by atoms with van der Waals surface area (Å²) in [6, 6.07) is 0. The molecule has 1 saturated heterocycles. The molecule has 1 aliphatic heterocycles. The summed E-state index contributed by atoms with van der Waals surface area (Å²) in [4.78, 5) is 17.6. The number of aromatic nitrogens is 2. The molecule has 1 aromatic heterocycles. The SMILES string of the molecule is CCN(C)c1noc(C2CSCC2=O)n1. The zero-order valence-electron chi connectivity index (χ0n) is 8.77. The highest BCUT2D eigenvalue weighted by Gasteiger charge is 2.31. The summed E-state index contributed by atoms with van der Waals surface area (Å²) in [6.07, 6.45) is 0. The van der Waals surface area contributed by atoms with Gasteiger partial charge in [-0.1, -0.05) is 0 Å². The lowest BCUT2D eigenvalue weighted by Gasteiger charge is -2.08. The van der Waals surface area contributed by atoms with Crippen molar-refractivity contribution in [2.24, 2.45) is 0 Å². The molecule has 6 heteroatoms. The van der Waals surface area contributed by atoms with Crippen molar-refractivity contribution in [1.29, 1.82) is 0 Å². The quantitative estimate of drug-likeness (QED) is 0.765. The molecule has 0 spiro atoms. The van der Waals surface area contributed by atoms with E-state index >= 15 is 0 Å². The van der Waals surface area contributed by atoms with Gasteiger partial charge >= 0.3 is 0 Å². The van der Waals surface area contributed by atoms with Gasteiger partial charge in [0.15, 0.2) is 5.78 Å². The summed E-state index contributed by atoms with van der Waals surface area (Å²) >= 11 is 1.62. The predicted molar refractivity (Wildman–Crippen MR) is 58.3 cm³/mol. The van der Waals surface area contributed by atoms with Crippen LogP contribution in [0, 0.1) is 0 Å². The van der Waals surface area contributed by atoms with Crippen LogP contribution >= 0.6 is 11.8 Å². The molecule has 1 atom stereocenters. The van der Waals surface area contributed by atoms with Crippen LogP contribution in [-0.4, -0.2) is 41.0 Å². The Hall–Kier alpha value is -1.04. The average Bonchev–Trinajstić information content (AvgIpc) is 2.84. The van der Waals surface area contributed by atoms with Crippen molar-refractivity contribution >= 4 is 23.5 Å². The first kappa shape index (κ1) is 10.5. The normalized spacial score (nSPS) is 20.9. The van der Waals surface area contributed by atoms with Crippen LogP contribution in [0.1, 0.15) is 18.7 Å². The van der Waals surface area contributed by atoms with Crippen molar-refractivity contribution in [2.45, 2.75) is 12.8 Å². The summed E-state index contributed by atoms with van der Waals surface area (Å²) in [6.45, 7) is 2.82. The van der Waals surface area contributed by atoms with Crippen molar-refractivity contribution in [3.05, 3.63) is 5.89 Å². The van der Waals surface area contributed by atoms with E-state index in [2.05, 4.69) is 10.1 Å². The Kier molecular flexibility index (Phi) is 2.95. The Morgan fingerprint density at radius 1 is 1.67 bits per heavy atom. The number of nitrogens with zero attached hydrogens (tertiary/aromatic N) is 3. The predicted octanol–water partition coefficient (Wildman–Crippen LogP) is 0.925. The van der Waals surface area contributed by atoms with Crippen LogP contribution in [0.25, 0.3) is 0 Å². The minimum absolute atomic E-state index is 0.189. The van der Waals surface area contributed by atoms with Gasteiger partial charge in [0.1, 0.15) is 5.92 Å². The third kappa shape index (κ3) is 1.99. The van der Waals surface area contributed by atoms with Crippen molar-refractivity contribution in [1.82, 2.24) is 10.1 Å². The number of carbonyl (C=O) groups excluding carboxylic acids is 1. The maximum absolute atomic E-state index is 11.5. The number of thioether (sulfide) groups is 1. The fourth-order valence-electron chi connectivity index (χ4n) is 1.34. The van der Waals surface area contributed by atoms with Crippen molar-refractivity contribution in [3.8, 4) is 0 Å². The van der Waals surface area contributed by atoms with E-state index in [0.717, 1.165) is 12.3 Å². The van der Waals surface area contributed by atoms with Crippen molar-refractivity contribution in [3.63, 3.8) is 0 Å². The van der Waals surface area contributed by atoms with Crippen LogP contribution in [0.4, 0.5) is 5.95 Å². The smallest absolute Gasteiger partial charge is 0.265 e. The third-order valence-electron chi connectivity index (χ3n) is 2.46. The highest BCUT2D eigenvalue weighted by Crippen LogP contribution is 2.29. The molecule has 0 aromatic carbocycles. The van der Waals surface area contributed by atoms with Gasteiger partial charge < -0.3 is 9.42 Å². The molecule has 82 valence electrons. The number of rotatable bonds is 3. The molecule has 0 radical (unpaired) electrons. The Balaban J connectivity index is 2.16. The summed E-state index contributed by atoms with van der Waals surface area (Å²) < 4.78 is 5.10. The molecule has 0 saturated carbocycles. The van der Waals surface area contributed by atoms with Crippen LogP contribution in [0.15, 0.2) is 4.52 Å². The lowest BCUT2D eigenvalue weighted by molar-refractivity contribution is -0.117. The first-order chi connectivity index (χ1) is 7.22. The minimum Gasteiger partial charge on any atom is -0.342 e. The Labute approximate surface area is 92.2 Å². The molecule has 0 aliphatic carbocycles. The lowest BCUT2D eigenvalue weighted by Crippen LogP contribution is -2.17. The van der Waals surface area contributed by atoms with Gasteiger partial charge in [-0.2, -0.15) is 16.7 Å². The first-order valence-electron chi connectivity index (χ1n) is 4.87. The van der Waals surface area contributed by atoms with Crippen molar-refractivity contribution in [2.75, 3.05) is 30.0 Å². The van der Waals surface area contributed by atoms with E-state index in [4.69, 9.17) is 4.52 Å². The van der Waals surface area contributed by atoms with Gasteiger partial charge in [-0.05, 0) is 12.1 Å². The van der Waals surface area contributed by atoms with Gasteiger partial charge in [0, 0.05) is 19.3 Å². The van der Waals surface area contributed by atoms with E-state index in [0.29, 0.717) is 17.6 Å². The Morgan fingerprint density at radius 3 is 3.07 bits per heavy atom. The van der Waals surface area contributed by atoms with E-state index in [1.807, 2.05) is 18.9 Å². The number of anilines is 1. The Bertz CT molecular complexity index is 366. The molecular weight excluding hydrogens is 214 g/mol. The first-order valence-corrected chi connectivity index (χ1v) is 6.03. The molecule has 0 amide bonds. The summed E-state index contributed by atoms with van der Waals surface area (Å²) in [5.41, 5.74) is 0. The largest absolute Gasteiger partial charge is 0.342 e. The molecule has 0 bridgehead atoms. The summed E-state index contributed by atoms with van der Waals surface area (Å²) in [7, 11) is 1.89. The molecule has 1 unspecified atom stereocenters. The lowest BCUT2D eigenvalue weighted by atomic mass is 10.1. The second kappa shape index (κ2) is 4.22. The number of hydrogen-bond donors (Lipinski definition) is 0. The van der Waals surface area contributed by atoms with Crippen LogP contribution < -0.4 is 4.90 Å².